The van der Waals surface area contributed by atoms with Gasteiger partial charge in [-0.05, 0) is 31.4 Å². The monoisotopic (exact) mass is 327 g/mol. The van der Waals surface area contributed by atoms with Crippen molar-refractivity contribution in [3.05, 3.63) is 36.2 Å². The average Bonchev–Trinajstić information content (AvgIpc) is 3.27. The molecule has 2 aromatic rings. The van der Waals surface area contributed by atoms with E-state index in [1.807, 2.05) is 35.2 Å². The molecule has 1 aromatic carbocycles. The van der Waals surface area contributed by atoms with Crippen LogP contribution >= 0.6 is 0 Å². The van der Waals surface area contributed by atoms with Crippen molar-refractivity contribution in [3.8, 4) is 5.75 Å². The second-order valence-electron chi connectivity index (χ2n) is 6.18. The van der Waals surface area contributed by atoms with E-state index < -0.39 is 0 Å². The lowest BCUT2D eigenvalue weighted by atomic mass is 10.2. The van der Waals surface area contributed by atoms with Gasteiger partial charge in [-0.15, -0.1) is 5.10 Å². The summed E-state index contributed by atoms with van der Waals surface area (Å²) in [5.74, 6) is 1.71. The Bertz CT molecular complexity index is 692. The highest BCUT2D eigenvalue weighted by atomic mass is 16.5. The fraction of sp³-hybridized carbons (Fsp3) is 0.471. The van der Waals surface area contributed by atoms with Gasteiger partial charge in [-0.3, -0.25) is 4.79 Å². The normalized spacial score (nSPS) is 19.7. The van der Waals surface area contributed by atoms with Gasteiger partial charge < -0.3 is 15.0 Å². The zero-order valence-electron chi connectivity index (χ0n) is 13.5. The molecule has 3 heterocycles. The number of aryl methyl sites for hydroxylation is 1. The van der Waals surface area contributed by atoms with Crippen molar-refractivity contribution in [1.82, 2.24) is 19.7 Å². The van der Waals surface area contributed by atoms with Crippen LogP contribution in [0, 0.1) is 0 Å². The maximum absolute atomic E-state index is 12.8. The standard InChI is InChI=1S/C17H21N5O2/c23-16(15-19-17-18-9-5-11-22(17)20-15)21-10-4-6-13(21)12-24-14-7-2-1-3-8-14/h1-3,7-8,13H,4-6,9-12H2,(H,18,19,20)/t13-/m0/s1. The van der Waals surface area contributed by atoms with Crippen molar-refractivity contribution >= 4 is 11.9 Å². The van der Waals surface area contributed by atoms with Crippen LogP contribution in [0.25, 0.3) is 0 Å². The molecule has 7 heteroatoms. The van der Waals surface area contributed by atoms with Crippen LogP contribution < -0.4 is 10.1 Å². The highest BCUT2D eigenvalue weighted by molar-refractivity contribution is 5.91. The Balaban J connectivity index is 1.44. The molecule has 4 rings (SSSR count). The summed E-state index contributed by atoms with van der Waals surface area (Å²) in [6.45, 7) is 2.92. The predicted octanol–water partition coefficient (Wildman–Crippen LogP) is 1.78. The van der Waals surface area contributed by atoms with E-state index in [4.69, 9.17) is 4.74 Å². The Morgan fingerprint density at radius 3 is 2.96 bits per heavy atom. The molecule has 0 aliphatic carbocycles. The zero-order valence-corrected chi connectivity index (χ0v) is 13.5. The Kier molecular flexibility index (Phi) is 4.06. The third-order valence-electron chi connectivity index (χ3n) is 4.52. The molecule has 1 atom stereocenters. The third kappa shape index (κ3) is 2.93. The molecule has 0 saturated carbocycles. The number of fused-ring (bicyclic) bond motifs is 1. The lowest BCUT2D eigenvalue weighted by molar-refractivity contribution is 0.0679. The molecule has 2 aliphatic rings. The number of aromatic nitrogens is 3. The first kappa shape index (κ1) is 15.0. The third-order valence-corrected chi connectivity index (χ3v) is 4.52. The minimum Gasteiger partial charge on any atom is -0.491 e. The number of anilines is 1. The van der Waals surface area contributed by atoms with Crippen molar-refractivity contribution in [1.29, 1.82) is 0 Å². The van der Waals surface area contributed by atoms with Crippen molar-refractivity contribution in [2.45, 2.75) is 31.8 Å². The summed E-state index contributed by atoms with van der Waals surface area (Å²) >= 11 is 0. The highest BCUT2D eigenvalue weighted by Gasteiger charge is 2.32. The molecule has 0 spiro atoms. The van der Waals surface area contributed by atoms with E-state index in [1.165, 1.54) is 0 Å². The summed E-state index contributed by atoms with van der Waals surface area (Å²) in [5, 5.41) is 7.54. The Morgan fingerprint density at radius 1 is 1.25 bits per heavy atom. The molecular weight excluding hydrogens is 306 g/mol. The van der Waals surface area contributed by atoms with Crippen LogP contribution in [0.15, 0.2) is 30.3 Å². The van der Waals surface area contributed by atoms with Gasteiger partial charge >= 0.3 is 0 Å². The first-order valence-corrected chi connectivity index (χ1v) is 8.49. The number of nitrogens with zero attached hydrogens (tertiary/aromatic N) is 4. The number of hydrogen-bond acceptors (Lipinski definition) is 5. The molecule has 7 nitrogen and oxygen atoms in total. The van der Waals surface area contributed by atoms with Gasteiger partial charge in [0.05, 0.1) is 6.04 Å². The number of rotatable bonds is 4. The summed E-state index contributed by atoms with van der Waals surface area (Å²) in [4.78, 5) is 19.0. The minimum absolute atomic E-state index is 0.0752. The second kappa shape index (κ2) is 6.51. The number of likely N-dealkylation sites (tertiary alicyclic amines) is 1. The van der Waals surface area contributed by atoms with E-state index in [0.717, 1.165) is 44.6 Å². The second-order valence-corrected chi connectivity index (χ2v) is 6.18. The molecule has 0 radical (unpaired) electrons. The first-order chi connectivity index (χ1) is 11.8. The van der Waals surface area contributed by atoms with E-state index in [1.54, 1.807) is 4.68 Å². The van der Waals surface area contributed by atoms with Crippen molar-refractivity contribution in [2.24, 2.45) is 0 Å². The molecule has 1 saturated heterocycles. The van der Waals surface area contributed by atoms with Gasteiger partial charge in [0, 0.05) is 19.6 Å². The van der Waals surface area contributed by atoms with Crippen LogP contribution in [0.1, 0.15) is 29.9 Å². The molecule has 126 valence electrons. The number of carbonyl (C=O) groups excluding carboxylic acids is 1. The number of para-hydroxylation sites is 1. The van der Waals surface area contributed by atoms with Crippen molar-refractivity contribution in [3.63, 3.8) is 0 Å². The maximum atomic E-state index is 12.8. The number of hydrogen-bond donors (Lipinski definition) is 1. The maximum Gasteiger partial charge on any atom is 0.293 e. The summed E-state index contributed by atoms with van der Waals surface area (Å²) in [6, 6.07) is 9.78. The Labute approximate surface area is 140 Å². The van der Waals surface area contributed by atoms with Gasteiger partial charge in [-0.25, -0.2) is 4.68 Å². The lowest BCUT2D eigenvalue weighted by Crippen LogP contribution is -2.39. The smallest absolute Gasteiger partial charge is 0.293 e. The summed E-state index contributed by atoms with van der Waals surface area (Å²) in [6.07, 6.45) is 2.94. The number of carbonyl (C=O) groups is 1. The Hall–Kier alpha value is -2.57. The van der Waals surface area contributed by atoms with Gasteiger partial charge in [0.1, 0.15) is 12.4 Å². The molecule has 1 aromatic heterocycles. The van der Waals surface area contributed by atoms with Gasteiger partial charge in [0.15, 0.2) is 0 Å². The van der Waals surface area contributed by atoms with Crippen LogP contribution in [0.3, 0.4) is 0 Å². The molecule has 0 unspecified atom stereocenters. The van der Waals surface area contributed by atoms with E-state index in [2.05, 4.69) is 15.4 Å². The van der Waals surface area contributed by atoms with Gasteiger partial charge in [0.25, 0.3) is 5.91 Å². The van der Waals surface area contributed by atoms with Crippen molar-refractivity contribution in [2.75, 3.05) is 25.0 Å². The first-order valence-electron chi connectivity index (χ1n) is 8.49. The lowest BCUT2D eigenvalue weighted by Gasteiger charge is -2.23. The quantitative estimate of drug-likeness (QED) is 0.927. The number of nitrogens with one attached hydrogen (secondary N) is 1. The largest absolute Gasteiger partial charge is 0.491 e. The van der Waals surface area contributed by atoms with Crippen LogP contribution in [0.5, 0.6) is 5.75 Å². The number of ether oxygens (including phenoxy) is 1. The van der Waals surface area contributed by atoms with E-state index in [-0.39, 0.29) is 17.8 Å². The van der Waals surface area contributed by atoms with Crippen molar-refractivity contribution < 1.29 is 9.53 Å². The van der Waals surface area contributed by atoms with E-state index in [0.29, 0.717) is 12.6 Å². The number of amides is 1. The van der Waals surface area contributed by atoms with E-state index in [9.17, 15) is 4.79 Å². The summed E-state index contributed by atoms with van der Waals surface area (Å²) in [5.41, 5.74) is 0. The molecule has 0 bridgehead atoms. The Morgan fingerprint density at radius 2 is 2.12 bits per heavy atom. The van der Waals surface area contributed by atoms with Crippen LogP contribution in [-0.4, -0.2) is 51.3 Å². The fourth-order valence-corrected chi connectivity index (χ4v) is 3.26. The predicted molar refractivity (Wildman–Crippen MR) is 89.1 cm³/mol. The van der Waals surface area contributed by atoms with Gasteiger partial charge in [-0.1, -0.05) is 18.2 Å². The minimum atomic E-state index is -0.0992. The highest BCUT2D eigenvalue weighted by Crippen LogP contribution is 2.22. The van der Waals surface area contributed by atoms with Gasteiger partial charge in [0.2, 0.25) is 11.8 Å². The molecule has 1 N–H and O–H groups in total. The summed E-state index contributed by atoms with van der Waals surface area (Å²) < 4.78 is 7.62. The van der Waals surface area contributed by atoms with Crippen LogP contribution in [-0.2, 0) is 6.54 Å². The number of benzene rings is 1. The molecule has 2 aliphatic heterocycles. The molecule has 1 fully saturated rings. The SMILES string of the molecule is O=C(c1nc2n(n1)CCCN2)N1CCC[C@H]1COc1ccccc1. The zero-order chi connectivity index (χ0) is 16.4. The van der Waals surface area contributed by atoms with Crippen LogP contribution in [0.4, 0.5) is 5.95 Å². The fourth-order valence-electron chi connectivity index (χ4n) is 3.26. The molecular formula is C17H21N5O2. The van der Waals surface area contributed by atoms with E-state index >= 15 is 0 Å². The average molecular weight is 327 g/mol. The summed E-state index contributed by atoms with van der Waals surface area (Å²) in [7, 11) is 0. The molecule has 1 amide bonds. The van der Waals surface area contributed by atoms with Gasteiger partial charge in [-0.2, -0.15) is 4.98 Å². The topological polar surface area (TPSA) is 72.3 Å². The molecule has 24 heavy (non-hydrogen) atoms. The van der Waals surface area contributed by atoms with Crippen LogP contribution in [0.2, 0.25) is 0 Å².